The van der Waals surface area contributed by atoms with Crippen LogP contribution >= 0.6 is 15.9 Å². The fourth-order valence-corrected chi connectivity index (χ4v) is 1.47. The van der Waals surface area contributed by atoms with Gasteiger partial charge >= 0.3 is 0 Å². The number of hydrogen-bond acceptors (Lipinski definition) is 3. The third kappa shape index (κ3) is 2.47. The van der Waals surface area contributed by atoms with Gasteiger partial charge in [0.2, 0.25) is 0 Å². The smallest absolute Gasteiger partial charge is 0.151 e. The largest absolute Gasteiger partial charge is 0.454 e. The van der Waals surface area contributed by atoms with E-state index in [4.69, 9.17) is 10.5 Å². The van der Waals surface area contributed by atoms with Crippen molar-refractivity contribution < 1.29 is 4.74 Å². The van der Waals surface area contributed by atoms with E-state index in [1.807, 2.05) is 24.3 Å². The maximum atomic E-state index is 5.77. The standard InChI is InChI=1S/C11H9BrN2O/c12-8-3-4-10(13)11(6-8)15-9-2-1-5-14-7-9/h1-7H,13H2. The van der Waals surface area contributed by atoms with E-state index in [9.17, 15) is 0 Å². The number of rotatable bonds is 2. The molecule has 2 N–H and O–H groups in total. The Morgan fingerprint density at radius 1 is 1.27 bits per heavy atom. The molecular formula is C11H9BrN2O. The van der Waals surface area contributed by atoms with Crippen molar-refractivity contribution in [3.8, 4) is 11.5 Å². The van der Waals surface area contributed by atoms with Crippen LogP contribution in [0, 0.1) is 0 Å². The monoisotopic (exact) mass is 264 g/mol. The van der Waals surface area contributed by atoms with Crippen LogP contribution in [0.15, 0.2) is 47.2 Å². The summed E-state index contributed by atoms with van der Waals surface area (Å²) in [5.41, 5.74) is 6.37. The lowest BCUT2D eigenvalue weighted by Gasteiger charge is -2.07. The van der Waals surface area contributed by atoms with E-state index in [1.165, 1.54) is 0 Å². The Labute approximate surface area is 96.0 Å². The van der Waals surface area contributed by atoms with E-state index in [2.05, 4.69) is 20.9 Å². The highest BCUT2D eigenvalue weighted by atomic mass is 79.9. The number of hydrogen-bond donors (Lipinski definition) is 1. The Balaban J connectivity index is 2.28. The number of pyridine rings is 1. The first-order valence-corrected chi connectivity index (χ1v) is 5.18. The molecule has 2 rings (SSSR count). The molecule has 0 bridgehead atoms. The predicted octanol–water partition coefficient (Wildman–Crippen LogP) is 3.22. The summed E-state index contributed by atoms with van der Waals surface area (Å²) < 4.78 is 6.50. The summed E-state index contributed by atoms with van der Waals surface area (Å²) in [5, 5.41) is 0. The second-order valence-corrected chi connectivity index (χ2v) is 3.89. The predicted molar refractivity (Wildman–Crippen MR) is 62.9 cm³/mol. The molecular weight excluding hydrogens is 256 g/mol. The molecule has 1 heterocycles. The Hall–Kier alpha value is -1.55. The van der Waals surface area contributed by atoms with Gasteiger partial charge in [-0.25, -0.2) is 0 Å². The topological polar surface area (TPSA) is 48.1 Å². The van der Waals surface area contributed by atoms with Crippen LogP contribution in [0.2, 0.25) is 0 Å². The summed E-state index contributed by atoms with van der Waals surface area (Å²) in [6.45, 7) is 0. The van der Waals surface area contributed by atoms with Crippen molar-refractivity contribution in [2.45, 2.75) is 0 Å². The number of benzene rings is 1. The van der Waals surface area contributed by atoms with Gasteiger partial charge in [-0.1, -0.05) is 15.9 Å². The molecule has 0 aliphatic heterocycles. The Bertz CT molecular complexity index is 459. The SMILES string of the molecule is Nc1ccc(Br)cc1Oc1cccnc1. The number of ether oxygens (including phenoxy) is 1. The lowest BCUT2D eigenvalue weighted by atomic mass is 10.3. The maximum Gasteiger partial charge on any atom is 0.151 e. The molecule has 2 aromatic rings. The van der Waals surface area contributed by atoms with Gasteiger partial charge in [0.15, 0.2) is 5.75 Å². The molecule has 0 atom stereocenters. The summed E-state index contributed by atoms with van der Waals surface area (Å²) in [4.78, 5) is 3.96. The Morgan fingerprint density at radius 3 is 2.87 bits per heavy atom. The normalized spacial score (nSPS) is 9.93. The van der Waals surface area contributed by atoms with Gasteiger partial charge < -0.3 is 10.5 Å². The van der Waals surface area contributed by atoms with Gasteiger partial charge in [-0.15, -0.1) is 0 Å². The first-order valence-electron chi connectivity index (χ1n) is 4.38. The number of nitrogen functional groups attached to an aromatic ring is 1. The molecule has 0 unspecified atom stereocenters. The molecule has 0 amide bonds. The van der Waals surface area contributed by atoms with E-state index in [0.717, 1.165) is 4.47 Å². The number of anilines is 1. The van der Waals surface area contributed by atoms with Crippen molar-refractivity contribution in [2.75, 3.05) is 5.73 Å². The molecule has 1 aromatic carbocycles. The fraction of sp³-hybridized carbons (Fsp3) is 0. The number of aromatic nitrogens is 1. The number of nitrogens with zero attached hydrogens (tertiary/aromatic N) is 1. The summed E-state index contributed by atoms with van der Waals surface area (Å²) in [6.07, 6.45) is 3.33. The van der Waals surface area contributed by atoms with Crippen LogP contribution in [-0.4, -0.2) is 4.98 Å². The first kappa shape index (κ1) is 9.98. The summed E-state index contributed by atoms with van der Waals surface area (Å²) in [6, 6.07) is 9.11. The van der Waals surface area contributed by atoms with E-state index in [0.29, 0.717) is 17.2 Å². The highest BCUT2D eigenvalue weighted by Crippen LogP contribution is 2.29. The van der Waals surface area contributed by atoms with Crippen molar-refractivity contribution in [3.05, 3.63) is 47.2 Å². The van der Waals surface area contributed by atoms with Crippen LogP contribution in [0.1, 0.15) is 0 Å². The van der Waals surface area contributed by atoms with Crippen molar-refractivity contribution in [1.29, 1.82) is 0 Å². The average molecular weight is 265 g/mol. The van der Waals surface area contributed by atoms with Gasteiger partial charge in [-0.05, 0) is 30.3 Å². The lowest BCUT2D eigenvalue weighted by Crippen LogP contribution is -1.91. The summed E-state index contributed by atoms with van der Waals surface area (Å²) in [7, 11) is 0. The van der Waals surface area contributed by atoms with Crippen LogP contribution in [0.25, 0.3) is 0 Å². The molecule has 15 heavy (non-hydrogen) atoms. The average Bonchev–Trinajstić information content (AvgIpc) is 2.25. The molecule has 0 aliphatic rings. The van der Waals surface area contributed by atoms with Crippen LogP contribution < -0.4 is 10.5 Å². The van der Waals surface area contributed by atoms with Crippen molar-refractivity contribution in [1.82, 2.24) is 4.98 Å². The molecule has 0 aliphatic carbocycles. The Kier molecular flexibility index (Phi) is 2.87. The molecule has 1 aromatic heterocycles. The maximum absolute atomic E-state index is 5.77. The lowest BCUT2D eigenvalue weighted by molar-refractivity contribution is 0.482. The highest BCUT2D eigenvalue weighted by Gasteiger charge is 2.02. The molecule has 3 nitrogen and oxygen atoms in total. The van der Waals surface area contributed by atoms with Gasteiger partial charge in [-0.3, -0.25) is 4.98 Å². The molecule has 4 heteroatoms. The van der Waals surface area contributed by atoms with Gasteiger partial charge in [0, 0.05) is 10.7 Å². The summed E-state index contributed by atoms with van der Waals surface area (Å²) in [5.74, 6) is 1.29. The van der Waals surface area contributed by atoms with Crippen LogP contribution in [0.3, 0.4) is 0 Å². The first-order chi connectivity index (χ1) is 7.25. The van der Waals surface area contributed by atoms with E-state index in [-0.39, 0.29) is 0 Å². The molecule has 0 saturated carbocycles. The minimum Gasteiger partial charge on any atom is -0.454 e. The highest BCUT2D eigenvalue weighted by molar-refractivity contribution is 9.10. The van der Waals surface area contributed by atoms with Crippen LogP contribution in [-0.2, 0) is 0 Å². The third-order valence-corrected chi connectivity index (χ3v) is 2.33. The second kappa shape index (κ2) is 4.31. The van der Waals surface area contributed by atoms with Gasteiger partial charge in [0.05, 0.1) is 11.9 Å². The van der Waals surface area contributed by atoms with Crippen molar-refractivity contribution in [3.63, 3.8) is 0 Å². The fourth-order valence-electron chi connectivity index (χ4n) is 1.13. The van der Waals surface area contributed by atoms with Crippen molar-refractivity contribution >= 4 is 21.6 Å². The zero-order valence-electron chi connectivity index (χ0n) is 7.85. The molecule has 0 radical (unpaired) electrons. The minimum atomic E-state index is 0.599. The van der Waals surface area contributed by atoms with Crippen LogP contribution in [0.4, 0.5) is 5.69 Å². The quantitative estimate of drug-likeness (QED) is 0.848. The number of halogens is 1. The zero-order chi connectivity index (χ0) is 10.7. The van der Waals surface area contributed by atoms with E-state index < -0.39 is 0 Å². The molecule has 0 spiro atoms. The molecule has 0 fully saturated rings. The summed E-state index contributed by atoms with van der Waals surface area (Å²) >= 11 is 3.36. The second-order valence-electron chi connectivity index (χ2n) is 2.97. The van der Waals surface area contributed by atoms with Crippen molar-refractivity contribution in [2.24, 2.45) is 0 Å². The Morgan fingerprint density at radius 2 is 2.13 bits per heavy atom. The van der Waals surface area contributed by atoms with Gasteiger partial charge in [-0.2, -0.15) is 0 Å². The zero-order valence-corrected chi connectivity index (χ0v) is 9.44. The van der Waals surface area contributed by atoms with E-state index in [1.54, 1.807) is 18.5 Å². The van der Waals surface area contributed by atoms with E-state index >= 15 is 0 Å². The van der Waals surface area contributed by atoms with Gasteiger partial charge in [0.25, 0.3) is 0 Å². The number of nitrogens with two attached hydrogens (primary N) is 1. The molecule has 76 valence electrons. The third-order valence-electron chi connectivity index (χ3n) is 1.84. The van der Waals surface area contributed by atoms with Crippen LogP contribution in [0.5, 0.6) is 11.5 Å². The minimum absolute atomic E-state index is 0.599. The molecule has 0 saturated heterocycles. The van der Waals surface area contributed by atoms with Gasteiger partial charge in [0.1, 0.15) is 5.75 Å².